The van der Waals surface area contributed by atoms with Crippen LogP contribution in [0.2, 0.25) is 0 Å². The number of nitrogens with one attached hydrogen (secondary N) is 1. The highest BCUT2D eigenvalue weighted by molar-refractivity contribution is 9.10. The van der Waals surface area contributed by atoms with E-state index in [4.69, 9.17) is 0 Å². The van der Waals surface area contributed by atoms with E-state index >= 15 is 0 Å². The molecule has 2 aromatic rings. The van der Waals surface area contributed by atoms with Crippen LogP contribution in [0.3, 0.4) is 0 Å². The summed E-state index contributed by atoms with van der Waals surface area (Å²) < 4.78 is 17.0. The van der Waals surface area contributed by atoms with Crippen molar-refractivity contribution in [1.29, 1.82) is 0 Å². The van der Waals surface area contributed by atoms with Crippen molar-refractivity contribution < 1.29 is 4.55 Å². The predicted molar refractivity (Wildman–Crippen MR) is 118 cm³/mol. The lowest BCUT2D eigenvalue weighted by molar-refractivity contribution is 0.175. The highest BCUT2D eigenvalue weighted by atomic mass is 79.9. The van der Waals surface area contributed by atoms with Gasteiger partial charge in [-0.3, -0.25) is 4.98 Å². The van der Waals surface area contributed by atoms with Gasteiger partial charge in [0.05, 0.1) is 17.9 Å². The molecule has 150 valence electrons. The Morgan fingerprint density at radius 1 is 1.21 bits per heavy atom. The lowest BCUT2D eigenvalue weighted by Gasteiger charge is -2.44. The highest BCUT2D eigenvalue weighted by Crippen LogP contribution is 2.52. The number of piperidine rings is 1. The summed E-state index contributed by atoms with van der Waals surface area (Å²) in [6.07, 6.45) is 6.83. The third-order valence-corrected chi connectivity index (χ3v) is 8.02. The maximum Gasteiger partial charge on any atom is 0.136 e. The fourth-order valence-electron chi connectivity index (χ4n) is 4.33. The van der Waals surface area contributed by atoms with E-state index in [2.05, 4.69) is 47.7 Å². The van der Waals surface area contributed by atoms with Crippen molar-refractivity contribution in [3.05, 3.63) is 52.5 Å². The fraction of sp³-hybridized carbons (Fsp3) is 0.524. The Kier molecular flexibility index (Phi) is 5.46. The number of nitrogens with zero attached hydrogens (tertiary/aromatic N) is 3. The van der Waals surface area contributed by atoms with E-state index < -0.39 is 11.4 Å². The third-order valence-electron chi connectivity index (χ3n) is 5.99. The fourth-order valence-corrected chi connectivity index (χ4v) is 5.51. The average molecular weight is 463 g/mol. The number of halogens is 1. The monoisotopic (exact) mass is 462 g/mol. The van der Waals surface area contributed by atoms with Crippen LogP contribution < -0.4 is 9.62 Å². The first kappa shape index (κ1) is 20.1. The Labute approximate surface area is 178 Å². The van der Waals surface area contributed by atoms with Gasteiger partial charge in [0, 0.05) is 41.8 Å². The molecular formula is C21H27BrN4OS. The molecular weight excluding hydrogens is 436 g/mol. The molecule has 1 saturated heterocycles. The molecule has 2 aromatic heterocycles. The Morgan fingerprint density at radius 3 is 2.61 bits per heavy atom. The Bertz CT molecular complexity index is 831. The zero-order valence-corrected chi connectivity index (χ0v) is 19.0. The minimum absolute atomic E-state index is 0.0664. The van der Waals surface area contributed by atoms with Gasteiger partial charge in [0.1, 0.15) is 9.35 Å². The molecule has 1 N–H and O–H groups in total. The molecule has 0 aromatic carbocycles. The van der Waals surface area contributed by atoms with E-state index in [-0.39, 0.29) is 16.2 Å². The Balaban J connectivity index is 1.56. The largest absolute Gasteiger partial charge is 0.598 e. The normalized spacial score (nSPS) is 22.3. The summed E-state index contributed by atoms with van der Waals surface area (Å²) in [5, 5.41) is 0. The van der Waals surface area contributed by atoms with Crippen LogP contribution in [0, 0.1) is 5.41 Å². The third kappa shape index (κ3) is 3.82. The Hall–Kier alpha value is -1.15. The van der Waals surface area contributed by atoms with Gasteiger partial charge in [0.25, 0.3) is 0 Å². The van der Waals surface area contributed by atoms with E-state index in [0.717, 1.165) is 48.3 Å². The van der Waals surface area contributed by atoms with Crippen LogP contribution in [0.5, 0.6) is 0 Å². The standard InChI is InChI=1S/C21H27BrN4OS/c1-20(2,3)28(27)25-19-16-5-4-10-23-17(16)13-21(19)8-11-26(12-9-21)15-6-7-18(22)24-14-15/h4-7,10,14,19,25H,8-9,11-13H2,1-3H3/t19-,28-/m1/s1. The van der Waals surface area contributed by atoms with Crippen LogP contribution in [0.4, 0.5) is 5.69 Å². The summed E-state index contributed by atoms with van der Waals surface area (Å²) in [5.74, 6) is 0. The molecule has 7 heteroatoms. The van der Waals surface area contributed by atoms with Crippen molar-refractivity contribution in [3.8, 4) is 0 Å². The number of aromatic nitrogens is 2. The van der Waals surface area contributed by atoms with E-state index in [1.54, 1.807) is 0 Å². The average Bonchev–Trinajstić information content (AvgIpc) is 2.95. The minimum atomic E-state index is -1.12. The second kappa shape index (κ2) is 7.59. The highest BCUT2D eigenvalue weighted by Gasteiger charge is 2.51. The maximum absolute atomic E-state index is 12.9. The Morgan fingerprint density at radius 2 is 1.96 bits per heavy atom. The summed E-state index contributed by atoms with van der Waals surface area (Å²) >= 11 is 2.29. The first-order valence-corrected chi connectivity index (χ1v) is 11.7. The number of rotatable bonds is 3. The van der Waals surface area contributed by atoms with E-state index in [9.17, 15) is 4.55 Å². The first-order valence-electron chi connectivity index (χ1n) is 9.77. The van der Waals surface area contributed by atoms with E-state index in [0.29, 0.717) is 0 Å². The number of hydrogen-bond acceptors (Lipinski definition) is 5. The molecule has 4 rings (SSSR count). The van der Waals surface area contributed by atoms with Crippen LogP contribution in [0.15, 0.2) is 41.3 Å². The summed E-state index contributed by atoms with van der Waals surface area (Å²) in [5.41, 5.74) is 3.61. The number of pyridine rings is 2. The van der Waals surface area contributed by atoms with Crippen molar-refractivity contribution in [2.24, 2.45) is 5.41 Å². The van der Waals surface area contributed by atoms with Gasteiger partial charge in [-0.05, 0) is 79.7 Å². The van der Waals surface area contributed by atoms with Gasteiger partial charge in [0.2, 0.25) is 0 Å². The second-order valence-electron chi connectivity index (χ2n) is 8.84. The first-order chi connectivity index (χ1) is 13.3. The molecule has 0 radical (unpaired) electrons. The molecule has 2 aliphatic rings. The van der Waals surface area contributed by atoms with Gasteiger partial charge in [-0.1, -0.05) is 6.07 Å². The molecule has 0 amide bonds. The van der Waals surface area contributed by atoms with E-state index in [1.807, 2.05) is 45.3 Å². The smallest absolute Gasteiger partial charge is 0.136 e. The summed E-state index contributed by atoms with van der Waals surface area (Å²) in [6, 6.07) is 8.34. The van der Waals surface area contributed by atoms with Crippen molar-refractivity contribution in [2.45, 2.75) is 50.8 Å². The molecule has 0 unspecified atom stereocenters. The number of hydrogen-bond donors (Lipinski definition) is 1. The summed E-state index contributed by atoms with van der Waals surface area (Å²) in [6.45, 7) is 8.00. The van der Waals surface area contributed by atoms with Crippen molar-refractivity contribution >= 4 is 33.0 Å². The minimum Gasteiger partial charge on any atom is -0.598 e. The summed E-state index contributed by atoms with van der Waals surface area (Å²) in [4.78, 5) is 11.4. The van der Waals surface area contributed by atoms with Gasteiger partial charge in [-0.2, -0.15) is 0 Å². The van der Waals surface area contributed by atoms with Gasteiger partial charge < -0.3 is 9.45 Å². The summed E-state index contributed by atoms with van der Waals surface area (Å²) in [7, 11) is 0. The van der Waals surface area contributed by atoms with Crippen molar-refractivity contribution in [3.63, 3.8) is 0 Å². The van der Waals surface area contributed by atoms with Crippen LogP contribution in [-0.2, 0) is 17.8 Å². The SMILES string of the molecule is CC(C)(C)[S@@+]([O-])N[C@@H]1c2cccnc2CC12CCN(c1ccc(Br)nc1)CC2. The lowest BCUT2D eigenvalue weighted by Crippen LogP contribution is -2.49. The molecule has 1 aliphatic heterocycles. The van der Waals surface area contributed by atoms with Gasteiger partial charge in [-0.15, -0.1) is 4.72 Å². The molecule has 28 heavy (non-hydrogen) atoms. The van der Waals surface area contributed by atoms with Crippen LogP contribution >= 0.6 is 15.9 Å². The molecule has 2 atom stereocenters. The quantitative estimate of drug-likeness (QED) is 0.547. The molecule has 0 bridgehead atoms. The van der Waals surface area contributed by atoms with Gasteiger partial charge >= 0.3 is 0 Å². The molecule has 5 nitrogen and oxygen atoms in total. The van der Waals surface area contributed by atoms with Crippen molar-refractivity contribution in [1.82, 2.24) is 14.7 Å². The molecule has 3 heterocycles. The van der Waals surface area contributed by atoms with E-state index in [1.165, 1.54) is 5.56 Å². The molecule has 0 saturated carbocycles. The van der Waals surface area contributed by atoms with Crippen molar-refractivity contribution in [2.75, 3.05) is 18.0 Å². The molecule has 1 spiro atoms. The zero-order valence-electron chi connectivity index (χ0n) is 16.6. The van der Waals surface area contributed by atoms with Crippen LogP contribution in [0.1, 0.15) is 50.9 Å². The second-order valence-corrected chi connectivity index (χ2v) is 11.6. The zero-order chi connectivity index (χ0) is 19.9. The number of fused-ring (bicyclic) bond motifs is 1. The molecule has 1 aliphatic carbocycles. The topological polar surface area (TPSA) is 64.1 Å². The maximum atomic E-state index is 12.9. The van der Waals surface area contributed by atoms with Crippen LogP contribution in [0.25, 0.3) is 0 Å². The van der Waals surface area contributed by atoms with Gasteiger partial charge in [0.15, 0.2) is 0 Å². The van der Waals surface area contributed by atoms with Gasteiger partial charge in [-0.25, -0.2) is 4.98 Å². The number of anilines is 1. The van der Waals surface area contributed by atoms with Crippen LogP contribution in [-0.4, -0.2) is 32.4 Å². The predicted octanol–water partition coefficient (Wildman–Crippen LogP) is 4.17. The lowest BCUT2D eigenvalue weighted by atomic mass is 9.73. The molecule has 1 fully saturated rings.